The summed E-state index contributed by atoms with van der Waals surface area (Å²) in [4.78, 5) is 21.0. The van der Waals surface area contributed by atoms with E-state index in [-0.39, 0.29) is 11.8 Å². The standard InChI is InChI=1S/C26H31N5O2S/c1-5-6-7-10-17-34-26-27-24(33)23-21-11-8-9-12-22(21)30(18(2)32)25(31(23)28-26)19-13-15-20(16-14-19)29(3)4/h8-9,11-16,25H,5-7,10,17H2,1-4H3. The molecule has 0 radical (unpaired) electrons. The molecular formula is C26H31N5O2S. The summed E-state index contributed by atoms with van der Waals surface area (Å²) in [7, 11) is 3.97. The number of amides is 1. The number of fused-ring (bicyclic) bond motifs is 3. The van der Waals surface area contributed by atoms with Crippen molar-refractivity contribution in [3.05, 3.63) is 54.1 Å². The Bertz CT molecular complexity index is 1170. The first-order chi connectivity index (χ1) is 16.4. The normalized spacial score (nSPS) is 14.5. The quantitative estimate of drug-likeness (QED) is 0.276. The summed E-state index contributed by atoms with van der Waals surface area (Å²) >= 11 is 1.50. The first-order valence-corrected chi connectivity index (χ1v) is 12.7. The molecule has 1 atom stereocenters. The summed E-state index contributed by atoms with van der Waals surface area (Å²) < 4.78 is 1.69. The fourth-order valence-corrected chi connectivity index (χ4v) is 5.10. The first kappa shape index (κ1) is 24.0. The summed E-state index contributed by atoms with van der Waals surface area (Å²) in [6, 6.07) is 15.5. The van der Waals surface area contributed by atoms with Crippen molar-refractivity contribution in [2.75, 3.05) is 29.6 Å². The molecule has 178 valence electrons. The number of thioether (sulfide) groups is 1. The molecule has 0 bridgehead atoms. The Morgan fingerprint density at radius 2 is 1.85 bits per heavy atom. The predicted octanol–water partition coefficient (Wildman–Crippen LogP) is 4.16. The Morgan fingerprint density at radius 3 is 2.53 bits per heavy atom. The lowest BCUT2D eigenvalue weighted by atomic mass is 10.0. The van der Waals surface area contributed by atoms with E-state index in [1.54, 1.807) is 16.5 Å². The smallest absolute Gasteiger partial charge is 0.293 e. The number of para-hydroxylation sites is 1. The molecule has 34 heavy (non-hydrogen) atoms. The summed E-state index contributed by atoms with van der Waals surface area (Å²) in [6.07, 6.45) is 4.00. The van der Waals surface area contributed by atoms with E-state index in [0.29, 0.717) is 22.1 Å². The van der Waals surface area contributed by atoms with Crippen LogP contribution >= 0.6 is 11.8 Å². The van der Waals surface area contributed by atoms with E-state index < -0.39 is 6.17 Å². The van der Waals surface area contributed by atoms with Gasteiger partial charge in [-0.25, -0.2) is 9.88 Å². The third-order valence-corrected chi connectivity index (χ3v) is 6.92. The molecule has 3 aromatic rings. The van der Waals surface area contributed by atoms with Crippen molar-refractivity contribution >= 4 is 29.0 Å². The molecule has 0 N–H and O–H groups in total. The number of unbranched alkanes of at least 4 members (excludes halogenated alkanes) is 3. The molecule has 8 heteroatoms. The number of benzene rings is 2. The van der Waals surface area contributed by atoms with Gasteiger partial charge in [0.15, 0.2) is 0 Å². The van der Waals surface area contributed by atoms with Crippen LogP contribution in [0.25, 0.3) is 11.3 Å². The molecule has 0 saturated heterocycles. The van der Waals surface area contributed by atoms with Gasteiger partial charge in [0.1, 0.15) is 0 Å². The minimum Gasteiger partial charge on any atom is -0.854 e. The molecule has 1 aromatic heterocycles. The van der Waals surface area contributed by atoms with E-state index in [0.717, 1.165) is 29.8 Å². The average Bonchev–Trinajstić information content (AvgIpc) is 2.82. The predicted molar refractivity (Wildman–Crippen MR) is 134 cm³/mol. The Balaban J connectivity index is 1.82. The lowest BCUT2D eigenvalue weighted by Crippen LogP contribution is -2.58. The lowest BCUT2D eigenvalue weighted by molar-refractivity contribution is -0.764. The summed E-state index contributed by atoms with van der Waals surface area (Å²) in [6.45, 7) is 3.73. The van der Waals surface area contributed by atoms with Crippen molar-refractivity contribution in [1.82, 2.24) is 10.1 Å². The summed E-state index contributed by atoms with van der Waals surface area (Å²) in [5.41, 5.74) is 3.69. The van der Waals surface area contributed by atoms with Gasteiger partial charge < -0.3 is 10.0 Å². The minimum atomic E-state index is -0.575. The van der Waals surface area contributed by atoms with E-state index >= 15 is 0 Å². The van der Waals surface area contributed by atoms with Crippen LogP contribution in [0.15, 0.2) is 53.7 Å². The average molecular weight is 478 g/mol. The van der Waals surface area contributed by atoms with Crippen LogP contribution in [0.3, 0.4) is 0 Å². The molecule has 0 saturated carbocycles. The maximum absolute atomic E-state index is 13.3. The van der Waals surface area contributed by atoms with Gasteiger partial charge in [0.25, 0.3) is 17.0 Å². The van der Waals surface area contributed by atoms with Gasteiger partial charge in [-0.3, -0.25) is 4.79 Å². The van der Waals surface area contributed by atoms with Crippen LogP contribution in [-0.2, 0) is 4.79 Å². The molecule has 7 nitrogen and oxygen atoms in total. The van der Waals surface area contributed by atoms with Crippen molar-refractivity contribution in [1.29, 1.82) is 0 Å². The van der Waals surface area contributed by atoms with E-state index in [1.807, 2.05) is 67.5 Å². The van der Waals surface area contributed by atoms with E-state index in [1.165, 1.54) is 24.6 Å². The van der Waals surface area contributed by atoms with Gasteiger partial charge in [-0.15, -0.1) is 0 Å². The second kappa shape index (κ2) is 10.4. The topological polar surface area (TPSA) is 76.3 Å². The fourth-order valence-electron chi connectivity index (χ4n) is 4.27. The zero-order chi connectivity index (χ0) is 24.2. The van der Waals surface area contributed by atoms with Crippen LogP contribution in [0, 0.1) is 0 Å². The largest absolute Gasteiger partial charge is 0.854 e. The second-order valence-corrected chi connectivity index (χ2v) is 9.73. The van der Waals surface area contributed by atoms with Crippen LogP contribution in [0.1, 0.15) is 51.3 Å². The molecule has 0 aliphatic carbocycles. The number of anilines is 2. The van der Waals surface area contributed by atoms with Gasteiger partial charge in [-0.1, -0.05) is 54.8 Å². The second-order valence-electron chi connectivity index (χ2n) is 8.67. The number of carbonyl (C=O) groups excluding carboxylic acids is 1. The zero-order valence-electron chi connectivity index (χ0n) is 20.2. The van der Waals surface area contributed by atoms with E-state index in [2.05, 4.69) is 11.9 Å². The van der Waals surface area contributed by atoms with Gasteiger partial charge in [-0.05, 0) is 42.8 Å². The van der Waals surface area contributed by atoms with Crippen LogP contribution in [-0.4, -0.2) is 35.8 Å². The van der Waals surface area contributed by atoms with Crippen LogP contribution < -0.4 is 19.6 Å². The SMILES string of the molecule is CCCCCCSc1nc([O-])c2[n+](n1)C(c1ccc(N(C)C)cc1)N(C(C)=O)c1ccccc1-2. The molecule has 1 aliphatic heterocycles. The molecule has 1 amide bonds. The highest BCUT2D eigenvalue weighted by molar-refractivity contribution is 7.99. The van der Waals surface area contributed by atoms with Gasteiger partial charge in [0.2, 0.25) is 5.91 Å². The highest BCUT2D eigenvalue weighted by Gasteiger charge is 2.43. The number of nitrogens with zero attached hydrogens (tertiary/aromatic N) is 5. The van der Waals surface area contributed by atoms with Crippen LogP contribution in [0.5, 0.6) is 5.88 Å². The summed E-state index contributed by atoms with van der Waals surface area (Å²) in [5, 5.41) is 18.5. The van der Waals surface area contributed by atoms with Crippen molar-refractivity contribution in [2.24, 2.45) is 0 Å². The Hall–Kier alpha value is -3.13. The third kappa shape index (κ3) is 4.73. The van der Waals surface area contributed by atoms with Crippen LogP contribution in [0.4, 0.5) is 11.4 Å². The molecule has 0 fully saturated rings. The fraction of sp³-hybridized carbons (Fsp3) is 0.385. The Labute approximate surface area is 205 Å². The molecule has 1 aliphatic rings. The lowest BCUT2D eigenvalue weighted by Gasteiger charge is -2.33. The van der Waals surface area contributed by atoms with Crippen molar-refractivity contribution in [2.45, 2.75) is 50.9 Å². The number of aromatic nitrogens is 3. The van der Waals surface area contributed by atoms with E-state index in [4.69, 9.17) is 5.10 Å². The Morgan fingerprint density at radius 1 is 1.12 bits per heavy atom. The number of rotatable bonds is 8. The third-order valence-electron chi connectivity index (χ3n) is 5.99. The molecule has 4 rings (SSSR count). The monoisotopic (exact) mass is 477 g/mol. The molecule has 2 heterocycles. The molecule has 1 unspecified atom stereocenters. The van der Waals surface area contributed by atoms with Crippen molar-refractivity contribution < 1.29 is 14.6 Å². The van der Waals surface area contributed by atoms with Gasteiger partial charge in [-0.2, -0.15) is 0 Å². The molecule has 2 aromatic carbocycles. The van der Waals surface area contributed by atoms with E-state index in [9.17, 15) is 9.90 Å². The van der Waals surface area contributed by atoms with Gasteiger partial charge in [0.05, 0.1) is 17.1 Å². The maximum atomic E-state index is 13.3. The van der Waals surface area contributed by atoms with Gasteiger partial charge >= 0.3 is 0 Å². The summed E-state index contributed by atoms with van der Waals surface area (Å²) in [5.74, 6) is 0.414. The number of hydrogen-bond donors (Lipinski definition) is 0. The van der Waals surface area contributed by atoms with Crippen molar-refractivity contribution in [3.63, 3.8) is 0 Å². The molecular weight excluding hydrogens is 446 g/mol. The number of carbonyl (C=O) groups is 1. The first-order valence-electron chi connectivity index (χ1n) is 11.7. The van der Waals surface area contributed by atoms with Crippen molar-refractivity contribution in [3.8, 4) is 17.1 Å². The van der Waals surface area contributed by atoms with Gasteiger partial charge in [0, 0.05) is 43.1 Å². The highest BCUT2D eigenvalue weighted by atomic mass is 32.2. The highest BCUT2D eigenvalue weighted by Crippen LogP contribution is 2.41. The molecule has 0 spiro atoms. The minimum absolute atomic E-state index is 0.118. The van der Waals surface area contributed by atoms with Crippen LogP contribution in [0.2, 0.25) is 0 Å². The zero-order valence-corrected chi connectivity index (χ0v) is 21.0. The Kier molecular flexibility index (Phi) is 7.36. The number of hydrogen-bond acceptors (Lipinski definition) is 6. The maximum Gasteiger partial charge on any atom is 0.293 e.